The van der Waals surface area contributed by atoms with Crippen molar-refractivity contribution in [2.45, 2.75) is 20.4 Å². The molecule has 0 radical (unpaired) electrons. The standard InChI is InChI=1S/C12H19N3O3S/c1-4-15(5-9(2)11(16)17)12(18)14(3)6-10-7-19-8-13-10/h7-9H,4-6H2,1-3H3,(H,16,17). The molecular weight excluding hydrogens is 266 g/mol. The highest BCUT2D eigenvalue weighted by molar-refractivity contribution is 7.07. The van der Waals surface area contributed by atoms with Crippen molar-refractivity contribution in [2.24, 2.45) is 5.92 Å². The summed E-state index contributed by atoms with van der Waals surface area (Å²) in [4.78, 5) is 30.2. The highest BCUT2D eigenvalue weighted by Gasteiger charge is 2.22. The first-order valence-corrected chi connectivity index (χ1v) is 6.99. The molecule has 0 saturated carbocycles. The smallest absolute Gasteiger partial charge is 0.320 e. The molecule has 0 aliphatic carbocycles. The summed E-state index contributed by atoms with van der Waals surface area (Å²) < 4.78 is 0. The third-order valence-corrected chi connectivity index (χ3v) is 3.41. The van der Waals surface area contributed by atoms with Crippen LogP contribution in [0.25, 0.3) is 0 Å². The van der Waals surface area contributed by atoms with Crippen LogP contribution in [0.4, 0.5) is 4.79 Å². The zero-order valence-corrected chi connectivity index (χ0v) is 12.2. The molecule has 1 atom stereocenters. The van der Waals surface area contributed by atoms with Crippen molar-refractivity contribution in [1.82, 2.24) is 14.8 Å². The van der Waals surface area contributed by atoms with E-state index >= 15 is 0 Å². The summed E-state index contributed by atoms with van der Waals surface area (Å²) in [7, 11) is 1.69. The summed E-state index contributed by atoms with van der Waals surface area (Å²) in [6.45, 7) is 4.56. The van der Waals surface area contributed by atoms with E-state index < -0.39 is 11.9 Å². The molecule has 0 aromatic carbocycles. The molecule has 1 heterocycles. The van der Waals surface area contributed by atoms with Crippen LogP contribution in [0.15, 0.2) is 10.9 Å². The van der Waals surface area contributed by atoms with Crippen LogP contribution in [0, 0.1) is 5.92 Å². The highest BCUT2D eigenvalue weighted by Crippen LogP contribution is 2.08. The first-order chi connectivity index (χ1) is 8.95. The number of carbonyl (C=O) groups is 2. The number of aliphatic carboxylic acids is 1. The van der Waals surface area contributed by atoms with E-state index in [1.54, 1.807) is 24.4 Å². The number of hydrogen-bond acceptors (Lipinski definition) is 4. The number of amides is 2. The summed E-state index contributed by atoms with van der Waals surface area (Å²) >= 11 is 1.48. The molecule has 1 N–H and O–H groups in total. The molecule has 0 aliphatic rings. The minimum Gasteiger partial charge on any atom is -0.481 e. The second kappa shape index (κ2) is 7.08. The first-order valence-electron chi connectivity index (χ1n) is 6.05. The van der Waals surface area contributed by atoms with Gasteiger partial charge < -0.3 is 14.9 Å². The number of nitrogens with zero attached hydrogens (tertiary/aromatic N) is 3. The quantitative estimate of drug-likeness (QED) is 0.864. The first kappa shape index (κ1) is 15.4. The Morgan fingerprint density at radius 1 is 1.53 bits per heavy atom. The van der Waals surface area contributed by atoms with E-state index in [1.165, 1.54) is 16.2 Å². The third kappa shape index (κ3) is 4.51. The van der Waals surface area contributed by atoms with Gasteiger partial charge in [0.25, 0.3) is 0 Å². The molecule has 0 bridgehead atoms. The summed E-state index contributed by atoms with van der Waals surface area (Å²) in [5.74, 6) is -1.47. The van der Waals surface area contributed by atoms with Gasteiger partial charge in [-0.15, -0.1) is 11.3 Å². The molecule has 0 saturated heterocycles. The fourth-order valence-electron chi connectivity index (χ4n) is 1.62. The molecule has 2 amide bonds. The average molecular weight is 285 g/mol. The van der Waals surface area contributed by atoms with Gasteiger partial charge >= 0.3 is 12.0 Å². The van der Waals surface area contributed by atoms with Crippen LogP contribution in [0.3, 0.4) is 0 Å². The van der Waals surface area contributed by atoms with Crippen LogP contribution in [0.2, 0.25) is 0 Å². The molecule has 1 aromatic rings. The van der Waals surface area contributed by atoms with E-state index in [9.17, 15) is 9.59 Å². The van der Waals surface area contributed by atoms with Gasteiger partial charge in [0, 0.05) is 25.5 Å². The van der Waals surface area contributed by atoms with E-state index in [1.807, 2.05) is 12.3 Å². The predicted molar refractivity (Wildman–Crippen MR) is 73.0 cm³/mol. The largest absolute Gasteiger partial charge is 0.481 e. The van der Waals surface area contributed by atoms with Gasteiger partial charge in [-0.05, 0) is 6.92 Å². The number of aromatic nitrogens is 1. The number of carbonyl (C=O) groups excluding carboxylic acids is 1. The normalized spacial score (nSPS) is 11.9. The maximum Gasteiger partial charge on any atom is 0.320 e. The van der Waals surface area contributed by atoms with Gasteiger partial charge in [-0.1, -0.05) is 6.92 Å². The van der Waals surface area contributed by atoms with Crippen molar-refractivity contribution < 1.29 is 14.7 Å². The topological polar surface area (TPSA) is 73.7 Å². The minimum absolute atomic E-state index is 0.177. The second-order valence-electron chi connectivity index (χ2n) is 4.40. The van der Waals surface area contributed by atoms with Crippen molar-refractivity contribution in [3.63, 3.8) is 0 Å². The number of thiazole rings is 1. The molecule has 1 aromatic heterocycles. The van der Waals surface area contributed by atoms with Crippen LogP contribution in [0.5, 0.6) is 0 Å². The average Bonchev–Trinajstić information content (AvgIpc) is 2.87. The summed E-state index contributed by atoms with van der Waals surface area (Å²) in [6.07, 6.45) is 0. The zero-order chi connectivity index (χ0) is 14.4. The molecule has 0 aliphatic heterocycles. The lowest BCUT2D eigenvalue weighted by Gasteiger charge is -2.28. The van der Waals surface area contributed by atoms with Gasteiger partial charge in [0.05, 0.1) is 23.7 Å². The highest BCUT2D eigenvalue weighted by atomic mass is 32.1. The molecule has 1 unspecified atom stereocenters. The summed E-state index contributed by atoms with van der Waals surface area (Å²) in [5, 5.41) is 10.8. The molecule has 19 heavy (non-hydrogen) atoms. The number of hydrogen-bond donors (Lipinski definition) is 1. The lowest BCUT2D eigenvalue weighted by atomic mass is 10.2. The third-order valence-electron chi connectivity index (χ3n) is 2.78. The number of carboxylic acids is 1. The van der Waals surface area contributed by atoms with Crippen molar-refractivity contribution in [3.8, 4) is 0 Å². The molecule has 106 valence electrons. The molecule has 6 nitrogen and oxygen atoms in total. The Labute approximate surface area is 116 Å². The lowest BCUT2D eigenvalue weighted by Crippen LogP contribution is -2.43. The van der Waals surface area contributed by atoms with Crippen molar-refractivity contribution in [2.75, 3.05) is 20.1 Å². The fourth-order valence-corrected chi connectivity index (χ4v) is 2.17. The lowest BCUT2D eigenvalue weighted by molar-refractivity contribution is -0.141. The number of carboxylic acid groups (broad SMARTS) is 1. The SMILES string of the molecule is CCN(CC(C)C(=O)O)C(=O)N(C)Cc1cscn1. The van der Waals surface area contributed by atoms with E-state index in [-0.39, 0.29) is 12.6 Å². The summed E-state index contributed by atoms with van der Waals surface area (Å²) in [5.41, 5.74) is 2.56. The van der Waals surface area contributed by atoms with Gasteiger partial charge in [0.15, 0.2) is 0 Å². The molecular formula is C12H19N3O3S. The van der Waals surface area contributed by atoms with Crippen LogP contribution < -0.4 is 0 Å². The number of rotatable bonds is 6. The van der Waals surface area contributed by atoms with Crippen molar-refractivity contribution in [1.29, 1.82) is 0 Å². The summed E-state index contributed by atoms with van der Waals surface area (Å²) in [6, 6.07) is -0.177. The van der Waals surface area contributed by atoms with Crippen LogP contribution in [0.1, 0.15) is 19.5 Å². The Balaban J connectivity index is 2.59. The van der Waals surface area contributed by atoms with Gasteiger partial charge in [-0.25, -0.2) is 9.78 Å². The van der Waals surface area contributed by atoms with E-state index in [0.717, 1.165) is 5.69 Å². The fraction of sp³-hybridized carbons (Fsp3) is 0.583. The Bertz CT molecular complexity index is 422. The van der Waals surface area contributed by atoms with E-state index in [2.05, 4.69) is 4.98 Å². The van der Waals surface area contributed by atoms with Crippen molar-refractivity contribution in [3.05, 3.63) is 16.6 Å². The second-order valence-corrected chi connectivity index (χ2v) is 5.12. The van der Waals surface area contributed by atoms with Crippen LogP contribution >= 0.6 is 11.3 Å². The zero-order valence-electron chi connectivity index (χ0n) is 11.4. The predicted octanol–water partition coefficient (Wildman–Crippen LogP) is 1.74. The van der Waals surface area contributed by atoms with Crippen LogP contribution in [-0.2, 0) is 11.3 Å². The monoisotopic (exact) mass is 285 g/mol. The van der Waals surface area contributed by atoms with Crippen LogP contribution in [-0.4, -0.2) is 52.0 Å². The van der Waals surface area contributed by atoms with Crippen molar-refractivity contribution >= 4 is 23.3 Å². The molecule has 0 fully saturated rings. The Morgan fingerprint density at radius 3 is 2.68 bits per heavy atom. The molecule has 0 spiro atoms. The Hall–Kier alpha value is -1.63. The maximum absolute atomic E-state index is 12.2. The van der Waals surface area contributed by atoms with Gasteiger partial charge in [0.2, 0.25) is 0 Å². The number of urea groups is 1. The molecule has 7 heteroatoms. The van der Waals surface area contributed by atoms with Gasteiger partial charge in [-0.3, -0.25) is 4.79 Å². The van der Waals surface area contributed by atoms with Gasteiger partial charge in [0.1, 0.15) is 0 Å². The Kier molecular flexibility index (Phi) is 5.75. The van der Waals surface area contributed by atoms with E-state index in [0.29, 0.717) is 13.1 Å². The van der Waals surface area contributed by atoms with E-state index in [4.69, 9.17) is 5.11 Å². The maximum atomic E-state index is 12.2. The molecule has 1 rings (SSSR count). The Morgan fingerprint density at radius 2 is 2.21 bits per heavy atom. The van der Waals surface area contributed by atoms with Gasteiger partial charge in [-0.2, -0.15) is 0 Å². The minimum atomic E-state index is -0.895.